The van der Waals surface area contributed by atoms with Crippen LogP contribution >= 0.6 is 0 Å². The minimum Gasteiger partial charge on any atom is -0.356 e. The second-order valence-electron chi connectivity index (χ2n) is 2.97. The van der Waals surface area contributed by atoms with Gasteiger partial charge in [0.2, 0.25) is 12.2 Å². The van der Waals surface area contributed by atoms with Gasteiger partial charge >= 0.3 is 0 Å². The molecule has 0 aliphatic heterocycles. The molecule has 0 rings (SSSR count). The molecule has 0 spiro atoms. The Morgan fingerprint density at radius 2 is 1.80 bits per heavy atom. The summed E-state index contributed by atoms with van der Waals surface area (Å²) in [7, 11) is 1.78. The Kier molecular flexibility index (Phi) is 8.27. The lowest BCUT2D eigenvalue weighted by Crippen LogP contribution is -2.31. The van der Waals surface area contributed by atoms with Gasteiger partial charge in [-0.1, -0.05) is 0 Å². The second kappa shape index (κ2) is 9.14. The highest BCUT2D eigenvalue weighted by atomic mass is 16.2. The Hall–Kier alpha value is -1.43. The van der Waals surface area contributed by atoms with Crippen LogP contribution in [0.1, 0.15) is 12.8 Å². The fourth-order valence-electron chi connectivity index (χ4n) is 0.896. The second-order valence-corrected chi connectivity index (χ2v) is 2.97. The van der Waals surface area contributed by atoms with Gasteiger partial charge in [0.25, 0.3) is 5.91 Å². The molecule has 0 unspecified atom stereocenters. The van der Waals surface area contributed by atoms with Crippen LogP contribution in [0.3, 0.4) is 0 Å². The number of carbonyl (C=O) groups excluding carboxylic acids is 3. The van der Waals surface area contributed by atoms with Crippen molar-refractivity contribution in [3.05, 3.63) is 0 Å². The lowest BCUT2D eigenvalue weighted by molar-refractivity contribution is -0.131. The largest absolute Gasteiger partial charge is 0.356 e. The van der Waals surface area contributed by atoms with Gasteiger partial charge in [-0.3, -0.25) is 14.4 Å². The van der Waals surface area contributed by atoms with Crippen molar-refractivity contribution in [1.82, 2.24) is 16.0 Å². The molecular formula is C9H17N3O3. The standard InChI is InChI=1S/C9H17N3O3/c1-10-6-3-8(14)11-4-2-5-12-9(15)7-13/h7,10H,2-6H2,1H3,(H,11,14)(H,12,15). The molecule has 0 saturated carbocycles. The first-order valence-electron chi connectivity index (χ1n) is 4.85. The maximum atomic E-state index is 11.1. The SMILES string of the molecule is CNCCC(=O)NCCCNC(=O)C=O. The lowest BCUT2D eigenvalue weighted by Gasteiger charge is -2.04. The lowest BCUT2D eigenvalue weighted by atomic mass is 10.3. The zero-order valence-corrected chi connectivity index (χ0v) is 8.84. The fourth-order valence-corrected chi connectivity index (χ4v) is 0.896. The Balaban J connectivity index is 3.27. The van der Waals surface area contributed by atoms with Crippen LogP contribution in [0.25, 0.3) is 0 Å². The third-order valence-corrected chi connectivity index (χ3v) is 1.68. The molecule has 86 valence electrons. The molecule has 6 heteroatoms. The molecule has 0 radical (unpaired) electrons. The molecule has 3 N–H and O–H groups in total. The number of amides is 2. The first kappa shape index (κ1) is 13.6. The maximum Gasteiger partial charge on any atom is 0.284 e. The van der Waals surface area contributed by atoms with Crippen molar-refractivity contribution in [2.24, 2.45) is 0 Å². The number of aldehydes is 1. The van der Waals surface area contributed by atoms with Crippen LogP contribution in [0.5, 0.6) is 0 Å². The summed E-state index contributed by atoms with van der Waals surface area (Å²) in [5.41, 5.74) is 0. The predicted octanol–water partition coefficient (Wildman–Crippen LogP) is -1.58. The fraction of sp³-hybridized carbons (Fsp3) is 0.667. The monoisotopic (exact) mass is 215 g/mol. The first-order valence-corrected chi connectivity index (χ1v) is 4.85. The summed E-state index contributed by atoms with van der Waals surface area (Å²) in [6, 6.07) is 0. The highest BCUT2D eigenvalue weighted by Crippen LogP contribution is 1.78. The van der Waals surface area contributed by atoms with E-state index in [-0.39, 0.29) is 12.2 Å². The molecule has 0 aromatic rings. The van der Waals surface area contributed by atoms with Crippen molar-refractivity contribution in [3.63, 3.8) is 0 Å². The van der Waals surface area contributed by atoms with E-state index in [0.717, 1.165) is 0 Å². The van der Waals surface area contributed by atoms with Crippen LogP contribution in [-0.4, -0.2) is 44.8 Å². The van der Waals surface area contributed by atoms with E-state index in [9.17, 15) is 14.4 Å². The van der Waals surface area contributed by atoms with Gasteiger partial charge < -0.3 is 16.0 Å². The molecule has 0 fully saturated rings. The van der Waals surface area contributed by atoms with Gasteiger partial charge in [-0.25, -0.2) is 0 Å². The molecule has 0 bridgehead atoms. The highest BCUT2D eigenvalue weighted by molar-refractivity contribution is 6.23. The smallest absolute Gasteiger partial charge is 0.284 e. The van der Waals surface area contributed by atoms with Gasteiger partial charge in [0.05, 0.1) is 0 Å². The van der Waals surface area contributed by atoms with Gasteiger partial charge in [-0.15, -0.1) is 0 Å². The number of rotatable bonds is 8. The Bertz CT molecular complexity index is 219. The summed E-state index contributed by atoms with van der Waals surface area (Å²) in [6.07, 6.45) is 1.29. The zero-order chi connectivity index (χ0) is 11.5. The maximum absolute atomic E-state index is 11.1. The molecule has 0 aliphatic carbocycles. The summed E-state index contributed by atoms with van der Waals surface area (Å²) in [6.45, 7) is 1.54. The summed E-state index contributed by atoms with van der Waals surface area (Å²) in [5.74, 6) is -0.650. The topological polar surface area (TPSA) is 87.3 Å². The highest BCUT2D eigenvalue weighted by Gasteiger charge is 1.99. The van der Waals surface area contributed by atoms with E-state index < -0.39 is 5.91 Å². The molecule has 0 saturated heterocycles. The molecule has 0 aromatic heterocycles. The number of hydrogen-bond acceptors (Lipinski definition) is 4. The number of hydrogen-bond donors (Lipinski definition) is 3. The van der Waals surface area contributed by atoms with Crippen molar-refractivity contribution in [1.29, 1.82) is 0 Å². The van der Waals surface area contributed by atoms with Gasteiger partial charge in [-0.2, -0.15) is 0 Å². The van der Waals surface area contributed by atoms with Crippen LogP contribution in [0.2, 0.25) is 0 Å². The van der Waals surface area contributed by atoms with E-state index in [1.807, 2.05) is 0 Å². The van der Waals surface area contributed by atoms with Crippen LogP contribution in [0.4, 0.5) is 0 Å². The van der Waals surface area contributed by atoms with Gasteiger partial charge in [-0.05, 0) is 13.5 Å². The third-order valence-electron chi connectivity index (χ3n) is 1.68. The predicted molar refractivity (Wildman–Crippen MR) is 55.2 cm³/mol. The van der Waals surface area contributed by atoms with E-state index in [1.54, 1.807) is 7.05 Å². The molecule has 2 amide bonds. The van der Waals surface area contributed by atoms with Crippen molar-refractivity contribution in [2.45, 2.75) is 12.8 Å². The van der Waals surface area contributed by atoms with Gasteiger partial charge in [0.1, 0.15) is 0 Å². The van der Waals surface area contributed by atoms with E-state index >= 15 is 0 Å². The summed E-state index contributed by atoms with van der Waals surface area (Å²) in [4.78, 5) is 31.4. The molecule has 0 heterocycles. The molecule has 6 nitrogen and oxygen atoms in total. The third kappa shape index (κ3) is 8.89. The van der Waals surface area contributed by atoms with Crippen molar-refractivity contribution in [3.8, 4) is 0 Å². The molecule has 0 aliphatic rings. The molecule has 15 heavy (non-hydrogen) atoms. The number of nitrogens with one attached hydrogen (secondary N) is 3. The average Bonchev–Trinajstić information content (AvgIpc) is 2.25. The Labute approximate surface area is 88.8 Å². The Morgan fingerprint density at radius 3 is 2.40 bits per heavy atom. The number of carbonyl (C=O) groups is 3. The molecular weight excluding hydrogens is 198 g/mol. The van der Waals surface area contributed by atoms with Gasteiger partial charge in [0.15, 0.2) is 0 Å². The first-order chi connectivity index (χ1) is 7.20. The van der Waals surface area contributed by atoms with Crippen molar-refractivity contribution >= 4 is 18.1 Å². The molecule has 0 atom stereocenters. The minimum atomic E-state index is -0.628. The normalized spacial score (nSPS) is 9.40. The average molecular weight is 215 g/mol. The minimum absolute atomic E-state index is 0.0222. The van der Waals surface area contributed by atoms with Crippen molar-refractivity contribution in [2.75, 3.05) is 26.7 Å². The summed E-state index contributed by atoms with van der Waals surface area (Å²) >= 11 is 0. The quantitative estimate of drug-likeness (QED) is 0.259. The zero-order valence-electron chi connectivity index (χ0n) is 8.84. The van der Waals surface area contributed by atoms with Gasteiger partial charge in [0, 0.05) is 26.1 Å². The van der Waals surface area contributed by atoms with Crippen LogP contribution < -0.4 is 16.0 Å². The van der Waals surface area contributed by atoms with E-state index in [4.69, 9.17) is 0 Å². The van der Waals surface area contributed by atoms with Crippen LogP contribution in [0.15, 0.2) is 0 Å². The van der Waals surface area contributed by atoms with E-state index in [0.29, 0.717) is 32.5 Å². The summed E-state index contributed by atoms with van der Waals surface area (Å²) < 4.78 is 0. The van der Waals surface area contributed by atoms with Crippen LogP contribution in [-0.2, 0) is 14.4 Å². The van der Waals surface area contributed by atoms with E-state index in [2.05, 4.69) is 16.0 Å². The van der Waals surface area contributed by atoms with E-state index in [1.165, 1.54) is 0 Å². The van der Waals surface area contributed by atoms with Crippen LogP contribution in [0, 0.1) is 0 Å². The van der Waals surface area contributed by atoms with Crippen molar-refractivity contribution < 1.29 is 14.4 Å². The Morgan fingerprint density at radius 1 is 1.13 bits per heavy atom. The molecule has 0 aromatic carbocycles. The summed E-state index contributed by atoms with van der Waals surface area (Å²) in [5, 5.41) is 7.94.